The summed E-state index contributed by atoms with van der Waals surface area (Å²) in [6, 6.07) is 0. The highest BCUT2D eigenvalue weighted by Gasteiger charge is 2.26. The lowest BCUT2D eigenvalue weighted by Crippen LogP contribution is -2.41. The number of hydrogen-bond acceptors (Lipinski definition) is 4. The van der Waals surface area contributed by atoms with Crippen LogP contribution < -0.4 is 16.4 Å². The molecule has 4 nitrogen and oxygen atoms in total. The average Bonchev–Trinajstić information content (AvgIpc) is 2.48. The van der Waals surface area contributed by atoms with E-state index < -0.39 is 5.54 Å². The van der Waals surface area contributed by atoms with E-state index in [0.717, 1.165) is 5.22 Å². The zero-order valence-electron chi connectivity index (χ0n) is 9.69. The van der Waals surface area contributed by atoms with Crippen molar-refractivity contribution in [3.05, 3.63) is 28.7 Å². The number of aromatic nitrogens is 1. The number of aliphatic hydroxyl groups excluding tert-OH is 1. The molecule has 1 aliphatic rings. The number of aliphatic hydroxyl groups is 1. The molecule has 0 saturated carbocycles. The third-order valence-corrected chi connectivity index (χ3v) is 2.65. The maximum absolute atomic E-state index is 9.96. The van der Waals surface area contributed by atoms with Gasteiger partial charge < -0.3 is 15.4 Å². The molecule has 0 aliphatic heterocycles. The Morgan fingerprint density at radius 2 is 1.94 bits per heavy atom. The van der Waals surface area contributed by atoms with Gasteiger partial charge in [0.15, 0.2) is 5.42 Å². The van der Waals surface area contributed by atoms with Crippen molar-refractivity contribution >= 4 is 12.2 Å². The highest BCUT2D eigenvalue weighted by atomic mass is 16.5. The van der Waals surface area contributed by atoms with E-state index in [1.807, 2.05) is 19.9 Å². The van der Waals surface area contributed by atoms with Gasteiger partial charge in [0.05, 0.1) is 11.7 Å². The SMILES string of the molecule is CC1(C)/C=c2/cno/c2=C/C(C)(N)/C(O)=C\1. The molecular weight excluding hydrogens is 204 g/mol. The highest BCUT2D eigenvalue weighted by Crippen LogP contribution is 2.25. The van der Waals surface area contributed by atoms with Crippen molar-refractivity contribution in [2.75, 3.05) is 0 Å². The Labute approximate surface area is 93.7 Å². The molecule has 2 rings (SSSR count). The Kier molecular flexibility index (Phi) is 2.20. The monoisotopic (exact) mass is 220 g/mol. The van der Waals surface area contributed by atoms with Gasteiger partial charge in [-0.05, 0) is 19.1 Å². The smallest absolute Gasteiger partial charge is 0.164 e. The normalized spacial score (nSPS) is 35.4. The number of nitrogens with zero attached hydrogens (tertiary/aromatic N) is 1. The second-order valence-electron chi connectivity index (χ2n) is 5.07. The first-order chi connectivity index (χ1) is 7.30. The summed E-state index contributed by atoms with van der Waals surface area (Å²) in [4.78, 5) is 0. The van der Waals surface area contributed by atoms with Gasteiger partial charge >= 0.3 is 0 Å². The largest absolute Gasteiger partial charge is 0.510 e. The van der Waals surface area contributed by atoms with Gasteiger partial charge in [0.25, 0.3) is 0 Å². The summed E-state index contributed by atoms with van der Waals surface area (Å²) in [5, 5.41) is 14.6. The lowest BCUT2D eigenvalue weighted by atomic mass is 9.86. The molecule has 0 aromatic carbocycles. The third-order valence-electron chi connectivity index (χ3n) is 2.65. The Hall–Kier alpha value is -1.55. The number of nitrogens with two attached hydrogens (primary N) is 1. The minimum absolute atomic E-state index is 0.135. The van der Waals surface area contributed by atoms with Crippen LogP contribution in [0.3, 0.4) is 0 Å². The van der Waals surface area contributed by atoms with Gasteiger partial charge in [-0.2, -0.15) is 0 Å². The van der Waals surface area contributed by atoms with Crippen molar-refractivity contribution in [2.45, 2.75) is 26.3 Å². The molecule has 0 fully saturated rings. The molecule has 86 valence electrons. The zero-order valence-corrected chi connectivity index (χ0v) is 9.69. The third kappa shape index (κ3) is 1.88. The van der Waals surface area contributed by atoms with Crippen molar-refractivity contribution in [1.82, 2.24) is 5.16 Å². The Morgan fingerprint density at radius 1 is 1.25 bits per heavy atom. The van der Waals surface area contributed by atoms with Crippen molar-refractivity contribution in [3.63, 3.8) is 0 Å². The van der Waals surface area contributed by atoms with Gasteiger partial charge in [0.1, 0.15) is 5.76 Å². The first-order valence-corrected chi connectivity index (χ1v) is 5.18. The predicted octanol–water partition coefficient (Wildman–Crippen LogP) is 0.435. The van der Waals surface area contributed by atoms with Crippen LogP contribution in [0.4, 0.5) is 0 Å². The molecule has 4 heteroatoms. The van der Waals surface area contributed by atoms with Crippen LogP contribution in [0.2, 0.25) is 0 Å². The van der Waals surface area contributed by atoms with Gasteiger partial charge in [0.2, 0.25) is 0 Å². The van der Waals surface area contributed by atoms with E-state index in [0.29, 0.717) is 5.42 Å². The fraction of sp³-hybridized carbons (Fsp3) is 0.417. The van der Waals surface area contributed by atoms with E-state index in [1.54, 1.807) is 25.3 Å². The van der Waals surface area contributed by atoms with Crippen LogP contribution in [-0.2, 0) is 0 Å². The molecule has 1 atom stereocenters. The molecule has 0 radical (unpaired) electrons. The molecule has 0 bridgehead atoms. The maximum Gasteiger partial charge on any atom is 0.164 e. The molecule has 1 aromatic heterocycles. The van der Waals surface area contributed by atoms with Crippen LogP contribution in [0.25, 0.3) is 12.2 Å². The lowest BCUT2D eigenvalue weighted by Gasteiger charge is -2.24. The van der Waals surface area contributed by atoms with Gasteiger partial charge in [0, 0.05) is 10.6 Å². The van der Waals surface area contributed by atoms with Crippen LogP contribution in [0.15, 0.2) is 22.6 Å². The van der Waals surface area contributed by atoms with Crippen molar-refractivity contribution in [3.8, 4) is 0 Å². The molecule has 16 heavy (non-hydrogen) atoms. The summed E-state index contributed by atoms with van der Waals surface area (Å²) < 4.78 is 5.11. The second-order valence-corrected chi connectivity index (χ2v) is 5.07. The minimum Gasteiger partial charge on any atom is -0.510 e. The van der Waals surface area contributed by atoms with Crippen molar-refractivity contribution in [1.29, 1.82) is 0 Å². The van der Waals surface area contributed by atoms with Gasteiger partial charge in [-0.3, -0.25) is 0 Å². The van der Waals surface area contributed by atoms with Gasteiger partial charge in [-0.25, -0.2) is 0 Å². The molecule has 0 saturated heterocycles. The van der Waals surface area contributed by atoms with Crippen LogP contribution in [0, 0.1) is 5.41 Å². The summed E-state index contributed by atoms with van der Waals surface area (Å²) in [5.41, 5.74) is 5.38. The molecule has 0 spiro atoms. The minimum atomic E-state index is -0.931. The van der Waals surface area contributed by atoms with Gasteiger partial charge in [-0.15, -0.1) is 0 Å². The standard InChI is InChI=1S/C12H16N2O2/c1-11(2)4-8-7-14-16-9(8)5-12(3,13)10(15)6-11/h4-7,15H,13H2,1-3H3/b8-4-,9-5+,10-6+. The summed E-state index contributed by atoms with van der Waals surface area (Å²) in [7, 11) is 0. The molecule has 1 aliphatic carbocycles. The summed E-state index contributed by atoms with van der Waals surface area (Å²) in [6.45, 7) is 5.70. The Morgan fingerprint density at radius 3 is 2.62 bits per heavy atom. The van der Waals surface area contributed by atoms with E-state index in [-0.39, 0.29) is 11.2 Å². The summed E-state index contributed by atoms with van der Waals surface area (Å²) >= 11 is 0. The summed E-state index contributed by atoms with van der Waals surface area (Å²) in [5.74, 6) is 0.135. The first kappa shape index (κ1) is 11.0. The topological polar surface area (TPSA) is 72.3 Å². The quantitative estimate of drug-likeness (QED) is 0.665. The number of fused-ring (bicyclic) bond motifs is 1. The number of allylic oxidation sites excluding steroid dienone is 1. The zero-order chi connectivity index (χ0) is 12.0. The molecule has 1 heterocycles. The van der Waals surface area contributed by atoms with Crippen molar-refractivity contribution in [2.24, 2.45) is 11.1 Å². The van der Waals surface area contributed by atoms with E-state index >= 15 is 0 Å². The van der Waals surface area contributed by atoms with Crippen LogP contribution >= 0.6 is 0 Å². The Balaban J connectivity index is 2.81. The average molecular weight is 220 g/mol. The Bertz CT molecular complexity index is 550. The fourth-order valence-electron chi connectivity index (χ4n) is 1.77. The van der Waals surface area contributed by atoms with Crippen LogP contribution in [0.5, 0.6) is 0 Å². The van der Waals surface area contributed by atoms with Crippen LogP contribution in [-0.4, -0.2) is 15.8 Å². The molecule has 1 unspecified atom stereocenters. The lowest BCUT2D eigenvalue weighted by molar-refractivity contribution is 0.333. The molecule has 3 N–H and O–H groups in total. The maximum atomic E-state index is 9.96. The van der Waals surface area contributed by atoms with Crippen LogP contribution in [0.1, 0.15) is 20.8 Å². The molecule has 0 amide bonds. The fourth-order valence-corrected chi connectivity index (χ4v) is 1.77. The molecular formula is C12H16N2O2. The number of rotatable bonds is 0. The first-order valence-electron chi connectivity index (χ1n) is 5.18. The van der Waals surface area contributed by atoms with Crippen molar-refractivity contribution < 1.29 is 9.63 Å². The van der Waals surface area contributed by atoms with E-state index in [1.165, 1.54) is 0 Å². The molecule has 1 aromatic rings. The van der Waals surface area contributed by atoms with Gasteiger partial charge in [-0.1, -0.05) is 25.1 Å². The van der Waals surface area contributed by atoms with E-state index in [9.17, 15) is 5.11 Å². The van der Waals surface area contributed by atoms with E-state index in [4.69, 9.17) is 10.3 Å². The number of hydrogen-bond donors (Lipinski definition) is 2. The second kappa shape index (κ2) is 3.22. The highest BCUT2D eigenvalue weighted by molar-refractivity contribution is 5.48. The van der Waals surface area contributed by atoms with E-state index in [2.05, 4.69) is 5.16 Å². The predicted molar refractivity (Wildman–Crippen MR) is 61.8 cm³/mol. The summed E-state index contributed by atoms with van der Waals surface area (Å²) in [6.07, 6.45) is 7.06.